The van der Waals surface area contributed by atoms with E-state index in [0.29, 0.717) is 13.1 Å². The summed E-state index contributed by atoms with van der Waals surface area (Å²) in [5.74, 6) is -0.682. The summed E-state index contributed by atoms with van der Waals surface area (Å²) in [6, 6.07) is 4.83. The Balaban J connectivity index is 0.00000242. The van der Waals surface area contributed by atoms with E-state index in [2.05, 4.69) is 15.5 Å². The fourth-order valence-corrected chi connectivity index (χ4v) is 2.29. The first-order chi connectivity index (χ1) is 9.98. The molecule has 2 rings (SSSR count). The van der Waals surface area contributed by atoms with E-state index >= 15 is 0 Å². The van der Waals surface area contributed by atoms with E-state index < -0.39 is 17.6 Å². The highest BCUT2D eigenvalue weighted by Gasteiger charge is 2.34. The second-order valence-corrected chi connectivity index (χ2v) is 4.89. The molecule has 1 aliphatic heterocycles. The Kier molecular flexibility index (Phi) is 7.12. The monoisotopic (exact) mass is 337 g/mol. The normalized spacial score (nSPS) is 16.0. The lowest BCUT2D eigenvalue weighted by Crippen LogP contribution is -2.46. The van der Waals surface area contributed by atoms with E-state index in [9.17, 15) is 18.0 Å². The average Bonchev–Trinajstić information content (AvgIpc) is 2.47. The molecule has 0 aliphatic carbocycles. The van der Waals surface area contributed by atoms with E-state index in [1.807, 2.05) is 0 Å². The number of amides is 1. The Bertz CT molecular complexity index is 490. The number of nitrogens with zero attached hydrogens (tertiary/aromatic N) is 1. The molecule has 4 nitrogen and oxygen atoms in total. The molecule has 22 heavy (non-hydrogen) atoms. The van der Waals surface area contributed by atoms with Crippen molar-refractivity contribution in [2.75, 3.05) is 39.3 Å². The third-order valence-electron chi connectivity index (χ3n) is 3.40. The average molecular weight is 338 g/mol. The van der Waals surface area contributed by atoms with Crippen molar-refractivity contribution < 1.29 is 18.0 Å². The molecule has 0 saturated carbocycles. The van der Waals surface area contributed by atoms with Gasteiger partial charge in [-0.2, -0.15) is 13.2 Å². The molecular formula is C14H19ClF3N3O. The van der Waals surface area contributed by atoms with Crippen molar-refractivity contribution in [1.29, 1.82) is 0 Å². The number of nitrogens with one attached hydrogen (secondary N) is 2. The fourth-order valence-electron chi connectivity index (χ4n) is 2.29. The molecule has 0 spiro atoms. The van der Waals surface area contributed by atoms with E-state index in [1.54, 1.807) is 0 Å². The first-order valence-electron chi connectivity index (χ1n) is 6.86. The summed E-state index contributed by atoms with van der Waals surface area (Å²) in [5, 5.41) is 5.77. The topological polar surface area (TPSA) is 44.4 Å². The molecule has 0 unspecified atom stereocenters. The maximum absolute atomic E-state index is 12.8. The predicted octanol–water partition coefficient (Wildman–Crippen LogP) is 1.76. The molecule has 0 bridgehead atoms. The Hall–Kier alpha value is -1.31. The van der Waals surface area contributed by atoms with E-state index in [0.717, 1.165) is 32.2 Å². The van der Waals surface area contributed by atoms with E-state index in [1.165, 1.54) is 18.2 Å². The minimum Gasteiger partial charge on any atom is -0.351 e. The first-order valence-corrected chi connectivity index (χ1v) is 6.86. The summed E-state index contributed by atoms with van der Waals surface area (Å²) >= 11 is 0. The lowest BCUT2D eigenvalue weighted by Gasteiger charge is -2.27. The number of benzene rings is 1. The van der Waals surface area contributed by atoms with Crippen LogP contribution in [0.1, 0.15) is 15.9 Å². The SMILES string of the molecule is Cl.O=C(NCCN1CCNCC1)c1ccccc1C(F)(F)F. The molecule has 1 aromatic carbocycles. The van der Waals surface area contributed by atoms with Gasteiger partial charge in [-0.3, -0.25) is 9.69 Å². The molecule has 1 amide bonds. The number of carbonyl (C=O) groups excluding carboxylic acids is 1. The summed E-state index contributed by atoms with van der Waals surface area (Å²) in [4.78, 5) is 14.1. The van der Waals surface area contributed by atoms with Crippen molar-refractivity contribution >= 4 is 18.3 Å². The van der Waals surface area contributed by atoms with Crippen molar-refractivity contribution in [3.05, 3.63) is 35.4 Å². The summed E-state index contributed by atoms with van der Waals surface area (Å²) in [6.07, 6.45) is -4.52. The first kappa shape index (κ1) is 18.7. The maximum Gasteiger partial charge on any atom is 0.417 e. The second-order valence-electron chi connectivity index (χ2n) is 4.89. The molecule has 124 valence electrons. The van der Waals surface area contributed by atoms with Crippen LogP contribution >= 0.6 is 12.4 Å². The quantitative estimate of drug-likeness (QED) is 0.880. The number of carbonyl (C=O) groups is 1. The molecule has 1 aliphatic rings. The molecule has 1 fully saturated rings. The van der Waals surface area contributed by atoms with Crippen LogP contribution in [-0.2, 0) is 6.18 Å². The standard InChI is InChI=1S/C14H18F3N3O.ClH/c15-14(16,17)12-4-2-1-3-11(12)13(21)19-7-10-20-8-5-18-6-9-20;/h1-4,18H,5-10H2,(H,19,21);1H. The lowest BCUT2D eigenvalue weighted by molar-refractivity contribution is -0.137. The van der Waals surface area contributed by atoms with Crippen LogP contribution in [0, 0.1) is 0 Å². The predicted molar refractivity (Wildman–Crippen MR) is 80.3 cm³/mol. The van der Waals surface area contributed by atoms with Gasteiger partial charge in [-0.25, -0.2) is 0 Å². The zero-order valence-electron chi connectivity index (χ0n) is 11.9. The van der Waals surface area contributed by atoms with Crippen LogP contribution < -0.4 is 10.6 Å². The van der Waals surface area contributed by atoms with Gasteiger partial charge in [0.05, 0.1) is 11.1 Å². The Morgan fingerprint density at radius 2 is 1.86 bits per heavy atom. The van der Waals surface area contributed by atoms with Crippen molar-refractivity contribution in [3.63, 3.8) is 0 Å². The summed E-state index contributed by atoms with van der Waals surface area (Å²) in [7, 11) is 0. The van der Waals surface area contributed by atoms with Gasteiger partial charge in [0.25, 0.3) is 5.91 Å². The maximum atomic E-state index is 12.8. The van der Waals surface area contributed by atoms with Gasteiger partial charge in [-0.15, -0.1) is 12.4 Å². The Morgan fingerprint density at radius 3 is 2.50 bits per heavy atom. The smallest absolute Gasteiger partial charge is 0.351 e. The summed E-state index contributed by atoms with van der Waals surface area (Å²) in [5.41, 5.74) is -1.23. The molecule has 1 saturated heterocycles. The number of hydrogen-bond acceptors (Lipinski definition) is 3. The van der Waals surface area contributed by atoms with E-state index in [-0.39, 0.29) is 18.0 Å². The van der Waals surface area contributed by atoms with Crippen molar-refractivity contribution in [2.45, 2.75) is 6.18 Å². The van der Waals surface area contributed by atoms with Crippen LogP contribution in [0.4, 0.5) is 13.2 Å². The number of piperazine rings is 1. The van der Waals surface area contributed by atoms with Crippen LogP contribution in [0.5, 0.6) is 0 Å². The summed E-state index contributed by atoms with van der Waals surface area (Å²) in [6.45, 7) is 4.53. The van der Waals surface area contributed by atoms with E-state index in [4.69, 9.17) is 0 Å². The highest BCUT2D eigenvalue weighted by Crippen LogP contribution is 2.31. The Labute approximate surface area is 133 Å². The molecule has 8 heteroatoms. The van der Waals surface area contributed by atoms with Gasteiger partial charge in [-0.05, 0) is 12.1 Å². The summed E-state index contributed by atoms with van der Waals surface area (Å²) < 4.78 is 38.5. The minimum absolute atomic E-state index is 0. The zero-order chi connectivity index (χ0) is 15.3. The number of rotatable bonds is 4. The lowest BCUT2D eigenvalue weighted by atomic mass is 10.1. The van der Waals surface area contributed by atoms with Crippen LogP contribution in [0.2, 0.25) is 0 Å². The number of hydrogen-bond donors (Lipinski definition) is 2. The van der Waals surface area contributed by atoms with Crippen LogP contribution in [-0.4, -0.2) is 50.1 Å². The molecular weight excluding hydrogens is 319 g/mol. The Morgan fingerprint density at radius 1 is 1.23 bits per heavy atom. The molecule has 1 heterocycles. The van der Waals surface area contributed by atoms with Crippen LogP contribution in [0.15, 0.2) is 24.3 Å². The molecule has 2 N–H and O–H groups in total. The van der Waals surface area contributed by atoms with Crippen molar-refractivity contribution in [2.24, 2.45) is 0 Å². The number of halogens is 4. The van der Waals surface area contributed by atoms with Gasteiger partial charge in [0.1, 0.15) is 0 Å². The van der Waals surface area contributed by atoms with Gasteiger partial charge in [-0.1, -0.05) is 12.1 Å². The van der Waals surface area contributed by atoms with Crippen molar-refractivity contribution in [1.82, 2.24) is 15.5 Å². The zero-order valence-corrected chi connectivity index (χ0v) is 12.8. The third-order valence-corrected chi connectivity index (χ3v) is 3.40. The van der Waals surface area contributed by atoms with Crippen LogP contribution in [0.3, 0.4) is 0 Å². The molecule has 0 radical (unpaired) electrons. The minimum atomic E-state index is -4.52. The highest BCUT2D eigenvalue weighted by molar-refractivity contribution is 5.95. The number of alkyl halides is 3. The van der Waals surface area contributed by atoms with Gasteiger partial charge in [0.15, 0.2) is 0 Å². The molecule has 0 atom stereocenters. The van der Waals surface area contributed by atoms with Gasteiger partial charge in [0.2, 0.25) is 0 Å². The van der Waals surface area contributed by atoms with Gasteiger partial charge >= 0.3 is 6.18 Å². The molecule has 1 aromatic rings. The van der Waals surface area contributed by atoms with Gasteiger partial charge in [0, 0.05) is 39.3 Å². The van der Waals surface area contributed by atoms with Gasteiger partial charge < -0.3 is 10.6 Å². The third kappa shape index (κ3) is 5.15. The molecule has 0 aromatic heterocycles. The second kappa shape index (κ2) is 8.36. The fraction of sp³-hybridized carbons (Fsp3) is 0.500. The highest BCUT2D eigenvalue weighted by atomic mass is 35.5. The largest absolute Gasteiger partial charge is 0.417 e. The van der Waals surface area contributed by atoms with Crippen molar-refractivity contribution in [3.8, 4) is 0 Å². The van der Waals surface area contributed by atoms with Crippen LogP contribution in [0.25, 0.3) is 0 Å².